The first-order valence-corrected chi connectivity index (χ1v) is 6.31. The van der Waals surface area contributed by atoms with Crippen LogP contribution in [0.2, 0.25) is 0 Å². The summed E-state index contributed by atoms with van der Waals surface area (Å²) in [6.07, 6.45) is -5.40. The second kappa shape index (κ2) is 5.32. The average Bonchev–Trinajstić information content (AvgIpc) is 2.28. The van der Waals surface area contributed by atoms with Crippen LogP contribution in [0.25, 0.3) is 0 Å². The molecular formula is C10H6BrF4IO2. The quantitative estimate of drug-likeness (QED) is 0.395. The van der Waals surface area contributed by atoms with Gasteiger partial charge in [-0.2, -0.15) is 13.2 Å². The van der Waals surface area contributed by atoms with Gasteiger partial charge in [0.1, 0.15) is 0 Å². The smallest absolute Gasteiger partial charge is 0.437 e. The molecule has 0 saturated heterocycles. The number of carbonyl (C=O) groups excluding carboxylic acids is 1. The first-order chi connectivity index (χ1) is 8.14. The van der Waals surface area contributed by atoms with Gasteiger partial charge in [-0.05, 0) is 40.8 Å². The molecule has 0 radical (unpaired) electrons. The van der Waals surface area contributed by atoms with Crippen molar-refractivity contribution in [1.82, 2.24) is 0 Å². The topological polar surface area (TPSA) is 26.3 Å². The lowest BCUT2D eigenvalue weighted by atomic mass is 9.95. The van der Waals surface area contributed by atoms with Gasteiger partial charge in [-0.3, -0.25) is 0 Å². The minimum atomic E-state index is -5.40. The molecule has 1 aromatic rings. The lowest BCUT2D eigenvalue weighted by molar-refractivity contribution is -0.242. The largest absolute Gasteiger partial charge is 0.466 e. The molecule has 8 heteroatoms. The predicted molar refractivity (Wildman–Crippen MR) is 67.7 cm³/mol. The number of hydrogen-bond donors (Lipinski definition) is 0. The van der Waals surface area contributed by atoms with Crippen LogP contribution in [-0.4, -0.2) is 19.3 Å². The zero-order valence-corrected chi connectivity index (χ0v) is 12.6. The Kier molecular flexibility index (Phi) is 4.63. The van der Waals surface area contributed by atoms with Crippen LogP contribution < -0.4 is 0 Å². The van der Waals surface area contributed by atoms with E-state index in [9.17, 15) is 22.4 Å². The summed E-state index contributed by atoms with van der Waals surface area (Å²) >= 11 is 4.46. The van der Waals surface area contributed by atoms with Gasteiger partial charge in [0, 0.05) is 13.6 Å². The van der Waals surface area contributed by atoms with E-state index in [-0.39, 0.29) is 8.04 Å². The van der Waals surface area contributed by atoms with E-state index in [0.717, 1.165) is 6.07 Å². The van der Waals surface area contributed by atoms with E-state index in [2.05, 4.69) is 20.7 Å². The van der Waals surface area contributed by atoms with E-state index < -0.39 is 23.4 Å². The van der Waals surface area contributed by atoms with Crippen molar-refractivity contribution < 1.29 is 27.1 Å². The van der Waals surface area contributed by atoms with Crippen molar-refractivity contribution in [2.75, 3.05) is 7.11 Å². The molecular weight excluding hydrogens is 435 g/mol. The normalized spacial score (nSPS) is 15.1. The molecule has 0 N–H and O–H groups in total. The monoisotopic (exact) mass is 440 g/mol. The van der Waals surface area contributed by atoms with Gasteiger partial charge in [-0.15, -0.1) is 0 Å². The molecule has 0 amide bonds. The number of benzene rings is 1. The predicted octanol–water partition coefficient (Wildman–Crippen LogP) is 3.95. The maximum absolute atomic E-state index is 14.2. The highest BCUT2D eigenvalue weighted by Crippen LogP contribution is 2.45. The number of esters is 1. The number of hydrogen-bond acceptors (Lipinski definition) is 2. The SMILES string of the molecule is COC(=O)[C@@](F)(c1cc(Br)ccc1I)C(F)(F)F. The van der Waals surface area contributed by atoms with Crippen molar-refractivity contribution >= 4 is 44.5 Å². The lowest BCUT2D eigenvalue weighted by Crippen LogP contribution is -2.46. The third-order valence-electron chi connectivity index (χ3n) is 2.16. The Bertz CT molecular complexity index is 477. The van der Waals surface area contributed by atoms with Gasteiger partial charge in [0.25, 0.3) is 0 Å². The molecule has 0 aliphatic heterocycles. The first kappa shape index (κ1) is 15.7. The van der Waals surface area contributed by atoms with E-state index in [1.165, 1.54) is 34.7 Å². The minimum Gasteiger partial charge on any atom is -0.466 e. The number of alkyl halides is 4. The zero-order chi connectivity index (χ0) is 14.1. The maximum Gasteiger partial charge on any atom is 0.437 e. The Morgan fingerprint density at radius 1 is 1.33 bits per heavy atom. The van der Waals surface area contributed by atoms with Crippen LogP contribution in [0, 0.1) is 3.57 Å². The van der Waals surface area contributed by atoms with Crippen molar-refractivity contribution in [3.05, 3.63) is 31.8 Å². The van der Waals surface area contributed by atoms with E-state index in [1.807, 2.05) is 0 Å². The van der Waals surface area contributed by atoms with Crippen molar-refractivity contribution in [2.24, 2.45) is 0 Å². The molecule has 1 aromatic carbocycles. The van der Waals surface area contributed by atoms with E-state index in [1.54, 1.807) is 0 Å². The van der Waals surface area contributed by atoms with Gasteiger partial charge in [-0.25, -0.2) is 9.18 Å². The van der Waals surface area contributed by atoms with E-state index in [4.69, 9.17) is 0 Å². The molecule has 0 heterocycles. The Labute approximate surface area is 122 Å². The molecule has 0 aliphatic carbocycles. The summed E-state index contributed by atoms with van der Waals surface area (Å²) in [5.41, 5.74) is -4.97. The van der Waals surface area contributed by atoms with Crippen LogP contribution in [-0.2, 0) is 15.2 Å². The summed E-state index contributed by atoms with van der Waals surface area (Å²) in [4.78, 5) is 11.2. The van der Waals surface area contributed by atoms with Crippen molar-refractivity contribution in [3.8, 4) is 0 Å². The highest BCUT2D eigenvalue weighted by molar-refractivity contribution is 14.1. The summed E-state index contributed by atoms with van der Waals surface area (Å²) in [6.45, 7) is 0. The first-order valence-electron chi connectivity index (χ1n) is 4.44. The molecule has 0 aliphatic rings. The third kappa shape index (κ3) is 2.63. The fourth-order valence-electron chi connectivity index (χ4n) is 1.28. The highest BCUT2D eigenvalue weighted by atomic mass is 127. The molecule has 2 nitrogen and oxygen atoms in total. The second-order valence-electron chi connectivity index (χ2n) is 3.27. The maximum atomic E-state index is 14.2. The summed E-state index contributed by atoms with van der Waals surface area (Å²) in [5.74, 6) is -1.99. The molecule has 0 spiro atoms. The van der Waals surface area contributed by atoms with Crippen LogP contribution in [0.3, 0.4) is 0 Å². The van der Waals surface area contributed by atoms with Crippen molar-refractivity contribution in [1.29, 1.82) is 0 Å². The fourth-order valence-corrected chi connectivity index (χ4v) is 2.35. The van der Waals surface area contributed by atoms with Crippen LogP contribution in [0.1, 0.15) is 5.56 Å². The molecule has 0 fully saturated rings. The highest BCUT2D eigenvalue weighted by Gasteiger charge is 2.65. The molecule has 0 unspecified atom stereocenters. The lowest BCUT2D eigenvalue weighted by Gasteiger charge is -2.26. The summed E-state index contributed by atoms with van der Waals surface area (Å²) in [6, 6.07) is 3.62. The third-order valence-corrected chi connectivity index (χ3v) is 3.59. The number of ether oxygens (including phenoxy) is 1. The van der Waals surface area contributed by atoms with Crippen LogP contribution in [0.5, 0.6) is 0 Å². The minimum absolute atomic E-state index is 0.0268. The Morgan fingerprint density at radius 3 is 2.33 bits per heavy atom. The number of carbonyl (C=O) groups is 1. The van der Waals surface area contributed by atoms with Crippen LogP contribution >= 0.6 is 38.5 Å². The van der Waals surface area contributed by atoms with Gasteiger partial charge >= 0.3 is 17.8 Å². The standard InChI is InChI=1S/C10H6BrF4IO2/c1-18-8(17)9(12,10(13,14)15)6-4-5(11)2-3-7(6)16/h2-4H,1H3/t9-/m0/s1. The van der Waals surface area contributed by atoms with E-state index in [0.29, 0.717) is 7.11 Å². The average molecular weight is 441 g/mol. The van der Waals surface area contributed by atoms with Crippen LogP contribution in [0.15, 0.2) is 22.7 Å². The number of halogens is 6. The summed E-state index contributed by atoms with van der Waals surface area (Å²) in [7, 11) is 0.702. The molecule has 100 valence electrons. The molecule has 1 atom stereocenters. The van der Waals surface area contributed by atoms with Gasteiger partial charge in [0.15, 0.2) is 0 Å². The molecule has 0 aromatic heterocycles. The van der Waals surface area contributed by atoms with Crippen molar-refractivity contribution in [2.45, 2.75) is 11.8 Å². The summed E-state index contributed by atoms with van der Waals surface area (Å²) < 4.78 is 56.9. The number of methoxy groups -OCH3 is 1. The fraction of sp³-hybridized carbons (Fsp3) is 0.300. The van der Waals surface area contributed by atoms with Gasteiger partial charge in [0.05, 0.1) is 7.11 Å². The Morgan fingerprint density at radius 2 is 1.89 bits per heavy atom. The van der Waals surface area contributed by atoms with E-state index >= 15 is 0 Å². The Hall–Kier alpha value is -0.380. The second-order valence-corrected chi connectivity index (χ2v) is 5.35. The molecule has 1 rings (SSSR count). The zero-order valence-electron chi connectivity index (χ0n) is 8.82. The molecule has 0 bridgehead atoms. The Balaban J connectivity index is 3.54. The molecule has 0 saturated carbocycles. The molecule has 18 heavy (non-hydrogen) atoms. The van der Waals surface area contributed by atoms with Gasteiger partial charge in [0.2, 0.25) is 0 Å². The van der Waals surface area contributed by atoms with Gasteiger partial charge in [-0.1, -0.05) is 15.9 Å². The number of rotatable bonds is 2. The van der Waals surface area contributed by atoms with Crippen LogP contribution in [0.4, 0.5) is 17.6 Å². The van der Waals surface area contributed by atoms with Gasteiger partial charge < -0.3 is 4.74 Å². The van der Waals surface area contributed by atoms with Crippen molar-refractivity contribution in [3.63, 3.8) is 0 Å². The summed E-state index contributed by atoms with van der Waals surface area (Å²) in [5, 5.41) is 0.